The third kappa shape index (κ3) is 17.2. The third-order valence-corrected chi connectivity index (χ3v) is 7.86. The van der Waals surface area contributed by atoms with Crippen LogP contribution < -0.4 is 0 Å². The lowest BCUT2D eigenvalue weighted by Crippen LogP contribution is -2.47. The van der Waals surface area contributed by atoms with E-state index in [4.69, 9.17) is 37.9 Å². The molecule has 0 amide bonds. The second-order valence-corrected chi connectivity index (χ2v) is 15.8. The maximum atomic E-state index is 6.54. The highest BCUT2D eigenvalue weighted by molar-refractivity contribution is 4.79. The zero-order chi connectivity index (χ0) is 31.3. The van der Waals surface area contributed by atoms with Crippen LogP contribution in [0.5, 0.6) is 0 Å². The molecule has 8 nitrogen and oxygen atoms in total. The quantitative estimate of drug-likeness (QED) is 0.0733. The highest BCUT2D eigenvalue weighted by atomic mass is 16.9. The molecular formula is C34H66O8. The molecule has 2 unspecified atom stereocenters. The molecule has 2 heterocycles. The minimum atomic E-state index is -1.21. The van der Waals surface area contributed by atoms with Crippen LogP contribution in [0.25, 0.3) is 0 Å². The summed E-state index contributed by atoms with van der Waals surface area (Å²) in [4.78, 5) is 0. The molecule has 0 aromatic heterocycles. The van der Waals surface area contributed by atoms with Crippen LogP contribution in [0.4, 0.5) is 0 Å². The van der Waals surface area contributed by atoms with Gasteiger partial charge in [0, 0.05) is 0 Å². The summed E-state index contributed by atoms with van der Waals surface area (Å²) >= 11 is 0. The van der Waals surface area contributed by atoms with Gasteiger partial charge >= 0.3 is 5.97 Å². The lowest BCUT2D eigenvalue weighted by Gasteiger charge is -2.38. The van der Waals surface area contributed by atoms with Crippen molar-refractivity contribution < 1.29 is 37.9 Å². The molecule has 0 aliphatic carbocycles. The first-order valence-corrected chi connectivity index (χ1v) is 16.5. The molecule has 0 saturated carbocycles. The van der Waals surface area contributed by atoms with Crippen molar-refractivity contribution in [2.75, 3.05) is 72.7 Å². The Balaban J connectivity index is 1.87. The molecule has 0 N–H and O–H groups in total. The fraction of sp³-hybridized carbons (Fsp3) is 1.00. The number of hydrogen-bond donors (Lipinski definition) is 0. The molecule has 2 fully saturated rings. The molecule has 2 aliphatic rings. The minimum absolute atomic E-state index is 0.00329. The Bertz CT molecular complexity index is 719. The van der Waals surface area contributed by atoms with Crippen molar-refractivity contribution in [3.63, 3.8) is 0 Å². The van der Waals surface area contributed by atoms with E-state index in [0.717, 1.165) is 65.0 Å². The van der Waals surface area contributed by atoms with Crippen molar-refractivity contribution in [1.29, 1.82) is 0 Å². The van der Waals surface area contributed by atoms with Crippen molar-refractivity contribution in [1.82, 2.24) is 0 Å². The van der Waals surface area contributed by atoms with Gasteiger partial charge in [-0.25, -0.2) is 0 Å². The van der Waals surface area contributed by atoms with Gasteiger partial charge in [0.15, 0.2) is 0 Å². The van der Waals surface area contributed by atoms with E-state index in [2.05, 4.69) is 69.2 Å². The molecule has 2 aliphatic heterocycles. The predicted octanol–water partition coefficient (Wildman–Crippen LogP) is 7.02. The largest absolute Gasteiger partial charge is 0.378 e. The van der Waals surface area contributed by atoms with Gasteiger partial charge in [-0.3, -0.25) is 0 Å². The van der Waals surface area contributed by atoms with Crippen molar-refractivity contribution >= 4 is 0 Å². The topological polar surface area (TPSA) is 80.4 Å². The van der Waals surface area contributed by atoms with Crippen LogP contribution in [0.15, 0.2) is 0 Å². The van der Waals surface area contributed by atoms with E-state index in [0.29, 0.717) is 51.8 Å². The summed E-state index contributed by atoms with van der Waals surface area (Å²) in [5, 5.41) is 0. The van der Waals surface area contributed by atoms with Crippen molar-refractivity contribution in [2.45, 2.75) is 126 Å². The second-order valence-electron chi connectivity index (χ2n) is 15.8. The monoisotopic (exact) mass is 602 g/mol. The summed E-state index contributed by atoms with van der Waals surface area (Å²) in [6, 6.07) is 0. The first-order valence-electron chi connectivity index (χ1n) is 16.5. The Labute approximate surface area is 258 Å². The SMILES string of the molecule is CCCOC(COCC(C)(C)CCC(C)(C)COCC1CO1)(OCCC)OCC(C)(C)CCC(C)(C)COCC1CO1. The Morgan fingerprint density at radius 3 is 1.21 bits per heavy atom. The van der Waals surface area contributed by atoms with E-state index in [1.807, 2.05) is 0 Å². The number of hydrogen-bond acceptors (Lipinski definition) is 8. The maximum Gasteiger partial charge on any atom is 0.307 e. The van der Waals surface area contributed by atoms with E-state index in [-0.39, 0.29) is 28.3 Å². The predicted molar refractivity (Wildman–Crippen MR) is 167 cm³/mol. The van der Waals surface area contributed by atoms with E-state index >= 15 is 0 Å². The first-order chi connectivity index (χ1) is 19.6. The zero-order valence-corrected chi connectivity index (χ0v) is 28.9. The lowest BCUT2D eigenvalue weighted by atomic mass is 9.80. The average molecular weight is 603 g/mol. The van der Waals surface area contributed by atoms with Crippen LogP contribution in [0.2, 0.25) is 0 Å². The number of rotatable bonds is 27. The fourth-order valence-corrected chi connectivity index (χ4v) is 4.43. The Morgan fingerprint density at radius 1 is 0.500 bits per heavy atom. The van der Waals surface area contributed by atoms with Crippen LogP contribution >= 0.6 is 0 Å². The summed E-state index contributed by atoms with van der Waals surface area (Å²) in [5.74, 6) is -1.21. The Kier molecular flexibility index (Phi) is 15.7. The fourth-order valence-electron chi connectivity index (χ4n) is 4.43. The van der Waals surface area contributed by atoms with E-state index in [1.54, 1.807) is 0 Å². The minimum Gasteiger partial charge on any atom is -0.378 e. The normalized spacial score (nSPS) is 19.9. The van der Waals surface area contributed by atoms with E-state index < -0.39 is 5.97 Å². The molecule has 2 saturated heterocycles. The van der Waals surface area contributed by atoms with Crippen LogP contribution in [0.3, 0.4) is 0 Å². The molecule has 0 radical (unpaired) electrons. The number of ether oxygens (including phenoxy) is 8. The maximum absolute atomic E-state index is 6.54. The van der Waals surface area contributed by atoms with Gasteiger partial charge in [0.05, 0.1) is 66.1 Å². The molecule has 8 heteroatoms. The van der Waals surface area contributed by atoms with Crippen LogP contribution in [0, 0.1) is 21.7 Å². The van der Waals surface area contributed by atoms with Crippen molar-refractivity contribution in [3.8, 4) is 0 Å². The summed E-state index contributed by atoms with van der Waals surface area (Å²) in [5.41, 5.74) is 0.121. The van der Waals surface area contributed by atoms with Crippen molar-refractivity contribution in [3.05, 3.63) is 0 Å². The highest BCUT2D eigenvalue weighted by Crippen LogP contribution is 2.35. The standard InChI is InChI=1S/C34H66O8/c1-11-17-40-34(41-18-12-2,42-26-33(9,10)16-15-31(5,6)24-36-20-29-22-39-29)27-37-25-32(7,8)14-13-30(3,4)23-35-19-28-21-38-28/h28-29H,11-27H2,1-10H3. The molecule has 2 rings (SSSR count). The summed E-state index contributed by atoms with van der Waals surface area (Å²) in [7, 11) is 0. The average Bonchev–Trinajstić information content (AvgIpc) is 3.84. The van der Waals surface area contributed by atoms with Gasteiger partial charge in [-0.1, -0.05) is 69.2 Å². The third-order valence-electron chi connectivity index (χ3n) is 7.86. The molecule has 2 atom stereocenters. The molecule has 0 aromatic carbocycles. The van der Waals surface area contributed by atoms with Gasteiger partial charge in [0.2, 0.25) is 0 Å². The summed E-state index contributed by atoms with van der Waals surface area (Å²) in [6.07, 6.45) is 6.48. The second kappa shape index (κ2) is 17.4. The molecule has 42 heavy (non-hydrogen) atoms. The Hall–Kier alpha value is -0.320. The number of epoxide rings is 2. The van der Waals surface area contributed by atoms with Gasteiger partial charge in [-0.05, 0) is 60.2 Å². The Morgan fingerprint density at radius 2 is 0.857 bits per heavy atom. The smallest absolute Gasteiger partial charge is 0.307 e. The molecular weight excluding hydrogens is 536 g/mol. The highest BCUT2D eigenvalue weighted by Gasteiger charge is 2.38. The van der Waals surface area contributed by atoms with Gasteiger partial charge in [0.1, 0.15) is 18.8 Å². The molecule has 0 aromatic rings. The molecule has 0 bridgehead atoms. The molecule has 0 spiro atoms. The zero-order valence-electron chi connectivity index (χ0n) is 28.9. The van der Waals surface area contributed by atoms with Crippen molar-refractivity contribution in [2.24, 2.45) is 21.7 Å². The molecule has 250 valence electrons. The first kappa shape index (κ1) is 37.9. The van der Waals surface area contributed by atoms with Crippen LogP contribution in [-0.2, 0) is 37.9 Å². The van der Waals surface area contributed by atoms with Gasteiger partial charge in [-0.2, -0.15) is 0 Å². The van der Waals surface area contributed by atoms with Crippen LogP contribution in [-0.4, -0.2) is 90.9 Å². The van der Waals surface area contributed by atoms with E-state index in [9.17, 15) is 0 Å². The van der Waals surface area contributed by atoms with Crippen LogP contribution in [0.1, 0.15) is 108 Å². The van der Waals surface area contributed by atoms with Gasteiger partial charge in [0.25, 0.3) is 0 Å². The summed E-state index contributed by atoms with van der Waals surface area (Å²) < 4.78 is 47.7. The van der Waals surface area contributed by atoms with Gasteiger partial charge < -0.3 is 37.9 Å². The van der Waals surface area contributed by atoms with E-state index in [1.165, 1.54) is 0 Å². The lowest BCUT2D eigenvalue weighted by molar-refractivity contribution is -0.400. The summed E-state index contributed by atoms with van der Waals surface area (Å²) in [6.45, 7) is 29.3. The van der Waals surface area contributed by atoms with Gasteiger partial charge in [-0.15, -0.1) is 0 Å².